The summed E-state index contributed by atoms with van der Waals surface area (Å²) in [7, 11) is 2.15. The van der Waals surface area contributed by atoms with E-state index in [4.69, 9.17) is 0 Å². The summed E-state index contributed by atoms with van der Waals surface area (Å²) in [6, 6.07) is 25.6. The van der Waals surface area contributed by atoms with Gasteiger partial charge in [-0.15, -0.1) is 10.2 Å². The Hall–Kier alpha value is -4.32. The number of carbonyl (C=O) groups excluding carboxylic acids is 2. The first-order chi connectivity index (χ1) is 21.5. The zero-order valence-corrected chi connectivity index (χ0v) is 25.8. The molecule has 2 amide bonds. The van der Waals surface area contributed by atoms with Crippen LogP contribution in [0.3, 0.4) is 0 Å². The monoisotopic (exact) mass is 610 g/mol. The largest absolute Gasteiger partial charge is 0.369 e. The Bertz CT molecular complexity index is 1530. The third kappa shape index (κ3) is 7.79. The van der Waals surface area contributed by atoms with Gasteiger partial charge in [-0.25, -0.2) is 0 Å². The molecule has 0 bridgehead atoms. The number of rotatable bonds is 9. The number of likely N-dealkylation sites (N-methyl/N-ethyl adjacent to an activating group) is 1. The van der Waals surface area contributed by atoms with Gasteiger partial charge >= 0.3 is 0 Å². The molecule has 2 saturated heterocycles. The van der Waals surface area contributed by atoms with Crippen LogP contribution >= 0.6 is 11.3 Å². The van der Waals surface area contributed by atoms with Crippen molar-refractivity contribution in [3.63, 3.8) is 0 Å². The number of hydrogen-bond acceptors (Lipinski definition) is 9. The molecule has 2 aliphatic rings. The first-order valence-corrected chi connectivity index (χ1v) is 15.9. The molecule has 4 aromatic rings. The molecule has 0 aliphatic carbocycles. The lowest BCUT2D eigenvalue weighted by atomic mass is 10.1. The summed E-state index contributed by atoms with van der Waals surface area (Å²) in [5, 5.41) is 15.7. The minimum Gasteiger partial charge on any atom is -0.369 e. The molecule has 6 rings (SSSR count). The smallest absolute Gasteiger partial charge is 0.255 e. The third-order valence-electron chi connectivity index (χ3n) is 8.13. The van der Waals surface area contributed by atoms with Crippen LogP contribution in [0.5, 0.6) is 0 Å². The fourth-order valence-corrected chi connectivity index (χ4v) is 6.29. The fourth-order valence-electron chi connectivity index (χ4n) is 5.48. The predicted molar refractivity (Wildman–Crippen MR) is 177 cm³/mol. The lowest BCUT2D eigenvalue weighted by molar-refractivity contribution is -0.115. The Balaban J connectivity index is 0.937. The highest BCUT2D eigenvalue weighted by Gasteiger charge is 2.21. The van der Waals surface area contributed by atoms with Crippen LogP contribution in [0, 0.1) is 0 Å². The summed E-state index contributed by atoms with van der Waals surface area (Å²) >= 11 is 1.41. The van der Waals surface area contributed by atoms with Crippen molar-refractivity contribution >= 4 is 44.8 Å². The Morgan fingerprint density at radius 1 is 0.727 bits per heavy atom. The van der Waals surface area contributed by atoms with Gasteiger partial charge in [0.05, 0.1) is 6.42 Å². The Morgan fingerprint density at radius 3 is 2.11 bits per heavy atom. The Morgan fingerprint density at radius 2 is 1.41 bits per heavy atom. The average Bonchev–Trinajstić information content (AvgIpc) is 3.51. The molecule has 1 aromatic heterocycles. The summed E-state index contributed by atoms with van der Waals surface area (Å²) in [6.45, 7) is 8.44. The van der Waals surface area contributed by atoms with E-state index in [0.29, 0.717) is 17.1 Å². The maximum absolute atomic E-state index is 12.8. The van der Waals surface area contributed by atoms with E-state index < -0.39 is 0 Å². The van der Waals surface area contributed by atoms with Crippen LogP contribution in [0.4, 0.5) is 21.6 Å². The molecule has 44 heavy (non-hydrogen) atoms. The predicted octanol–water partition coefficient (Wildman–Crippen LogP) is 4.05. The van der Waals surface area contributed by atoms with Crippen molar-refractivity contribution < 1.29 is 9.59 Å². The number of nitrogens with one attached hydrogen (secondary N) is 2. The van der Waals surface area contributed by atoms with Crippen LogP contribution in [0.15, 0.2) is 78.9 Å². The van der Waals surface area contributed by atoms with Crippen LogP contribution in [-0.2, 0) is 17.8 Å². The van der Waals surface area contributed by atoms with Gasteiger partial charge in [0.25, 0.3) is 5.91 Å². The van der Waals surface area contributed by atoms with Crippen molar-refractivity contribution in [2.24, 2.45) is 0 Å². The van der Waals surface area contributed by atoms with Crippen LogP contribution < -0.4 is 20.4 Å². The highest BCUT2D eigenvalue weighted by molar-refractivity contribution is 7.19. The number of anilines is 4. The molecule has 3 heterocycles. The van der Waals surface area contributed by atoms with Gasteiger partial charge < -0.3 is 25.3 Å². The van der Waals surface area contributed by atoms with E-state index in [0.717, 1.165) is 81.0 Å². The quantitative estimate of drug-likeness (QED) is 0.293. The molecular weight excluding hydrogens is 572 g/mol. The minimum absolute atomic E-state index is 0.0929. The van der Waals surface area contributed by atoms with Crippen molar-refractivity contribution in [3.05, 3.63) is 95.6 Å². The second-order valence-electron chi connectivity index (χ2n) is 11.4. The highest BCUT2D eigenvalue weighted by Crippen LogP contribution is 2.26. The fraction of sp³-hybridized carbons (Fsp3) is 0.333. The summed E-state index contributed by atoms with van der Waals surface area (Å²) in [5.74, 6) is -0.195. The molecule has 0 unspecified atom stereocenters. The van der Waals surface area contributed by atoms with E-state index in [1.807, 2.05) is 66.7 Å². The minimum atomic E-state index is -0.102. The maximum atomic E-state index is 12.8. The number of benzene rings is 3. The maximum Gasteiger partial charge on any atom is 0.255 e. The zero-order valence-electron chi connectivity index (χ0n) is 25.0. The van der Waals surface area contributed by atoms with E-state index in [1.165, 1.54) is 16.9 Å². The van der Waals surface area contributed by atoms with Gasteiger partial charge in [0, 0.05) is 75.8 Å². The molecular formula is C33H38N8O2S. The van der Waals surface area contributed by atoms with Gasteiger partial charge in [-0.05, 0) is 54.6 Å². The van der Waals surface area contributed by atoms with Crippen molar-refractivity contribution in [1.82, 2.24) is 20.0 Å². The molecule has 0 spiro atoms. The standard InChI is InChI=1S/C33H38N8O2S/c1-38-15-19-40(20-16-38)29-13-9-27(10-14-29)31(43)34-28-11-7-26(8-12-28)24-39-17-21-41(22-18-39)33-37-36-32(44-33)35-30(42)23-25-5-3-2-4-6-25/h2-14H,15-24H2,1H3,(H,34,43)(H,35,36,42). The van der Waals surface area contributed by atoms with Gasteiger partial charge in [-0.3, -0.25) is 14.5 Å². The summed E-state index contributed by atoms with van der Waals surface area (Å²) in [5.41, 5.74) is 4.77. The SMILES string of the molecule is CN1CCN(c2ccc(C(=O)Nc3ccc(CN4CCN(c5nnc(NC(=O)Cc6ccccc6)s5)CC4)cc3)cc2)CC1. The summed E-state index contributed by atoms with van der Waals surface area (Å²) in [6.07, 6.45) is 0.312. The number of piperazine rings is 2. The number of nitrogens with zero attached hydrogens (tertiary/aromatic N) is 6. The van der Waals surface area contributed by atoms with Gasteiger partial charge in [0.1, 0.15) is 0 Å². The van der Waals surface area contributed by atoms with E-state index in [2.05, 4.69) is 59.6 Å². The van der Waals surface area contributed by atoms with Crippen molar-refractivity contribution in [1.29, 1.82) is 0 Å². The normalized spacial score (nSPS) is 16.1. The number of carbonyl (C=O) groups is 2. The van der Waals surface area contributed by atoms with E-state index >= 15 is 0 Å². The lowest BCUT2D eigenvalue weighted by Gasteiger charge is -2.34. The van der Waals surface area contributed by atoms with Gasteiger partial charge in [-0.1, -0.05) is 53.8 Å². The van der Waals surface area contributed by atoms with Crippen LogP contribution in [0.25, 0.3) is 0 Å². The number of amides is 2. The highest BCUT2D eigenvalue weighted by atomic mass is 32.1. The average molecular weight is 611 g/mol. The Labute approximate surface area is 262 Å². The third-order valence-corrected chi connectivity index (χ3v) is 9.03. The van der Waals surface area contributed by atoms with Gasteiger partial charge in [0.2, 0.25) is 16.2 Å². The molecule has 2 N–H and O–H groups in total. The van der Waals surface area contributed by atoms with Crippen LogP contribution in [0.2, 0.25) is 0 Å². The van der Waals surface area contributed by atoms with Gasteiger partial charge in [0.15, 0.2) is 0 Å². The van der Waals surface area contributed by atoms with E-state index in [9.17, 15) is 9.59 Å². The molecule has 2 aliphatic heterocycles. The molecule has 10 nitrogen and oxygen atoms in total. The molecule has 11 heteroatoms. The molecule has 2 fully saturated rings. The van der Waals surface area contributed by atoms with Crippen molar-refractivity contribution in [2.45, 2.75) is 13.0 Å². The molecule has 3 aromatic carbocycles. The Kier molecular flexibility index (Phi) is 9.45. The molecule has 0 saturated carbocycles. The van der Waals surface area contributed by atoms with Crippen LogP contribution in [0.1, 0.15) is 21.5 Å². The van der Waals surface area contributed by atoms with Crippen LogP contribution in [-0.4, -0.2) is 91.2 Å². The summed E-state index contributed by atoms with van der Waals surface area (Å²) in [4.78, 5) is 34.6. The van der Waals surface area contributed by atoms with E-state index in [1.54, 1.807) is 0 Å². The first-order valence-electron chi connectivity index (χ1n) is 15.1. The molecule has 228 valence electrons. The number of aromatic nitrogens is 2. The van der Waals surface area contributed by atoms with Crippen molar-refractivity contribution in [2.75, 3.05) is 79.8 Å². The topological polar surface area (TPSA) is 96.9 Å². The van der Waals surface area contributed by atoms with E-state index in [-0.39, 0.29) is 11.8 Å². The zero-order chi connectivity index (χ0) is 30.3. The lowest BCUT2D eigenvalue weighted by Crippen LogP contribution is -2.45. The summed E-state index contributed by atoms with van der Waals surface area (Å²) < 4.78 is 0. The second-order valence-corrected chi connectivity index (χ2v) is 12.3. The first kappa shape index (κ1) is 29.7. The molecule has 0 atom stereocenters. The van der Waals surface area contributed by atoms with Crippen molar-refractivity contribution in [3.8, 4) is 0 Å². The number of hydrogen-bond donors (Lipinski definition) is 2. The molecule has 0 radical (unpaired) electrons. The van der Waals surface area contributed by atoms with Gasteiger partial charge in [-0.2, -0.15) is 0 Å². The second kappa shape index (κ2) is 14.0.